The Hall–Kier alpha value is -0.700. The van der Waals surface area contributed by atoms with Gasteiger partial charge in [-0.1, -0.05) is 20.8 Å². The van der Waals surface area contributed by atoms with Gasteiger partial charge in [0.2, 0.25) is 0 Å². The van der Waals surface area contributed by atoms with E-state index in [0.717, 1.165) is 25.2 Å². The van der Waals surface area contributed by atoms with Crippen molar-refractivity contribution < 1.29 is 4.79 Å². The van der Waals surface area contributed by atoms with Crippen molar-refractivity contribution in [1.29, 1.82) is 0 Å². The molecule has 21 heavy (non-hydrogen) atoms. The van der Waals surface area contributed by atoms with Crippen LogP contribution in [-0.2, 0) is 4.79 Å². The minimum Gasteiger partial charge on any atom is -0.299 e. The van der Waals surface area contributed by atoms with Gasteiger partial charge in [0.05, 0.1) is 12.1 Å². The fourth-order valence-corrected chi connectivity index (χ4v) is 4.37. The molecule has 2 aliphatic rings. The summed E-state index contributed by atoms with van der Waals surface area (Å²) in [6.45, 7) is 10.9. The first kappa shape index (κ1) is 16.7. The van der Waals surface area contributed by atoms with Crippen LogP contribution in [0.1, 0.15) is 66.7 Å². The lowest BCUT2D eigenvalue weighted by molar-refractivity contribution is -0.119. The summed E-state index contributed by atoms with van der Waals surface area (Å²) in [7, 11) is 0. The van der Waals surface area contributed by atoms with Crippen LogP contribution in [0, 0.1) is 17.8 Å². The molecule has 0 aromatic heterocycles. The highest BCUT2D eigenvalue weighted by Gasteiger charge is 2.32. The van der Waals surface area contributed by atoms with Crippen LogP contribution in [0.25, 0.3) is 0 Å². The first-order chi connectivity index (χ1) is 9.88. The van der Waals surface area contributed by atoms with E-state index < -0.39 is 0 Å². The van der Waals surface area contributed by atoms with Gasteiger partial charge in [-0.2, -0.15) is 0 Å². The number of aliphatic imine (C=N–C) groups is 1. The quantitative estimate of drug-likeness (QED) is 0.807. The summed E-state index contributed by atoms with van der Waals surface area (Å²) in [6.07, 6.45) is 5.80. The van der Waals surface area contributed by atoms with Gasteiger partial charge in [-0.15, -0.1) is 0 Å². The molecule has 1 aliphatic heterocycles. The van der Waals surface area contributed by atoms with E-state index in [-0.39, 0.29) is 11.8 Å². The maximum absolute atomic E-state index is 11.6. The van der Waals surface area contributed by atoms with E-state index in [1.807, 2.05) is 0 Å². The Labute approximate surface area is 130 Å². The first-order valence-corrected chi connectivity index (χ1v) is 8.69. The van der Waals surface area contributed by atoms with Gasteiger partial charge in [-0.05, 0) is 63.7 Å². The molecule has 2 rings (SSSR count). The molecule has 120 valence electrons. The average Bonchev–Trinajstić information content (AvgIpc) is 2.42. The molecule has 4 atom stereocenters. The average molecular weight is 292 g/mol. The van der Waals surface area contributed by atoms with Gasteiger partial charge < -0.3 is 0 Å². The second-order valence-corrected chi connectivity index (χ2v) is 7.61. The molecule has 1 aliphatic carbocycles. The Kier molecular flexibility index (Phi) is 5.59. The molecule has 0 radical (unpaired) electrons. The predicted molar refractivity (Wildman–Crippen MR) is 88.9 cm³/mol. The van der Waals surface area contributed by atoms with Gasteiger partial charge >= 0.3 is 0 Å². The van der Waals surface area contributed by atoms with Crippen LogP contribution in [0.2, 0.25) is 0 Å². The molecule has 4 unspecified atom stereocenters. The molecule has 0 aromatic rings. The molecule has 1 N–H and O–H groups in total. The monoisotopic (exact) mass is 292 g/mol. The van der Waals surface area contributed by atoms with Gasteiger partial charge in [-0.25, -0.2) is 0 Å². The smallest absolute Gasteiger partial charge is 0.146 e. The minimum atomic E-state index is 0.0372. The lowest BCUT2D eigenvalue weighted by Crippen LogP contribution is -2.49. The molecular weight excluding hydrogens is 260 g/mol. The Morgan fingerprint density at radius 2 is 1.57 bits per heavy atom. The van der Waals surface area contributed by atoms with Crippen molar-refractivity contribution in [2.75, 3.05) is 0 Å². The molecule has 0 amide bonds. The molecule has 0 bridgehead atoms. The Morgan fingerprint density at radius 3 is 2.14 bits per heavy atom. The zero-order valence-electron chi connectivity index (χ0n) is 14.4. The summed E-state index contributed by atoms with van der Waals surface area (Å²) in [6, 6.07) is 0.794. The molecular formula is C18H32N2O. The molecule has 3 nitrogen and oxygen atoms in total. The molecule has 1 heterocycles. The number of Topliss-reactive ketones (excluding diaryl/α,β-unsaturated/α-hetero) is 1. The number of nitrogens with zero attached hydrogens (tertiary/aromatic N) is 1. The Morgan fingerprint density at radius 1 is 1.00 bits per heavy atom. The predicted octanol–water partition coefficient (Wildman–Crippen LogP) is 3.62. The summed E-state index contributed by atoms with van der Waals surface area (Å²) >= 11 is 0. The topological polar surface area (TPSA) is 41.5 Å². The van der Waals surface area contributed by atoms with Crippen molar-refractivity contribution in [2.24, 2.45) is 22.7 Å². The maximum Gasteiger partial charge on any atom is 0.146 e. The zero-order valence-corrected chi connectivity index (χ0v) is 14.4. The Balaban J connectivity index is 2.04. The van der Waals surface area contributed by atoms with Crippen molar-refractivity contribution >= 4 is 11.5 Å². The van der Waals surface area contributed by atoms with E-state index in [9.17, 15) is 4.79 Å². The molecule has 1 saturated carbocycles. The number of carbonyl (C=O) groups is 1. The first-order valence-electron chi connectivity index (χ1n) is 8.69. The minimum absolute atomic E-state index is 0.0372. The van der Waals surface area contributed by atoms with Crippen LogP contribution in [0.4, 0.5) is 0 Å². The number of hydrogen-bond acceptors (Lipinski definition) is 3. The number of nitrogens with one attached hydrogen (secondary N) is 1. The van der Waals surface area contributed by atoms with E-state index in [0.29, 0.717) is 23.9 Å². The van der Waals surface area contributed by atoms with Crippen LogP contribution in [0.5, 0.6) is 0 Å². The van der Waals surface area contributed by atoms with E-state index in [1.165, 1.54) is 18.6 Å². The lowest BCUT2D eigenvalue weighted by Gasteiger charge is -2.37. The van der Waals surface area contributed by atoms with Crippen molar-refractivity contribution in [3.8, 4) is 0 Å². The molecule has 3 heteroatoms. The van der Waals surface area contributed by atoms with Crippen LogP contribution in [0.3, 0.4) is 0 Å². The summed E-state index contributed by atoms with van der Waals surface area (Å²) in [5.41, 5.74) is 1.21. The third-order valence-electron chi connectivity index (χ3n) is 5.45. The summed E-state index contributed by atoms with van der Waals surface area (Å²) < 4.78 is 0. The third-order valence-corrected chi connectivity index (χ3v) is 5.45. The highest BCUT2D eigenvalue weighted by atomic mass is 16.1. The van der Waals surface area contributed by atoms with Crippen molar-refractivity contribution in [1.82, 2.24) is 5.32 Å². The number of hydrogen-bond donors (Lipinski definition) is 1. The molecule has 0 aromatic carbocycles. The number of ketones is 1. The second kappa shape index (κ2) is 7.04. The number of piperidine rings is 1. The van der Waals surface area contributed by atoms with Gasteiger partial charge in [0.15, 0.2) is 0 Å². The fourth-order valence-electron chi connectivity index (χ4n) is 4.37. The zero-order chi connectivity index (χ0) is 15.6. The van der Waals surface area contributed by atoms with Crippen LogP contribution in [-0.4, -0.2) is 29.6 Å². The van der Waals surface area contributed by atoms with E-state index >= 15 is 0 Å². The molecule has 2 fully saturated rings. The Bertz CT molecular complexity index is 392. The van der Waals surface area contributed by atoms with Crippen molar-refractivity contribution in [3.05, 3.63) is 0 Å². The fraction of sp³-hybridized carbons (Fsp3) is 0.889. The van der Waals surface area contributed by atoms with Gasteiger partial charge in [0.1, 0.15) is 5.78 Å². The molecule has 1 saturated heterocycles. The second-order valence-electron chi connectivity index (χ2n) is 7.61. The summed E-state index contributed by atoms with van der Waals surface area (Å²) in [5.74, 6) is 2.44. The van der Waals surface area contributed by atoms with E-state index in [4.69, 9.17) is 4.99 Å². The molecule has 0 spiro atoms. The van der Waals surface area contributed by atoms with Crippen LogP contribution in [0.15, 0.2) is 4.99 Å². The summed E-state index contributed by atoms with van der Waals surface area (Å²) in [4.78, 5) is 16.7. The highest BCUT2D eigenvalue weighted by molar-refractivity contribution is 5.89. The third kappa shape index (κ3) is 4.15. The summed E-state index contributed by atoms with van der Waals surface area (Å²) in [5, 5.41) is 3.50. The standard InChI is InChI=1S/C18H32N2O/c1-11-9-12(2)18(13(3)10-11)19-14(4)16-7-6-8-17(20-16)15(5)21/h11-13,16-18,20H,6-10H2,1-5H3. The largest absolute Gasteiger partial charge is 0.299 e. The lowest BCUT2D eigenvalue weighted by atomic mass is 9.74. The van der Waals surface area contributed by atoms with Gasteiger partial charge in [0, 0.05) is 11.8 Å². The van der Waals surface area contributed by atoms with Gasteiger partial charge in [0.25, 0.3) is 0 Å². The number of carbonyl (C=O) groups excluding carboxylic acids is 1. The van der Waals surface area contributed by atoms with Gasteiger partial charge in [-0.3, -0.25) is 15.1 Å². The van der Waals surface area contributed by atoms with E-state index in [1.54, 1.807) is 6.92 Å². The van der Waals surface area contributed by atoms with Crippen molar-refractivity contribution in [2.45, 2.75) is 84.8 Å². The number of rotatable bonds is 3. The van der Waals surface area contributed by atoms with Crippen LogP contribution >= 0.6 is 0 Å². The highest BCUT2D eigenvalue weighted by Crippen LogP contribution is 2.35. The van der Waals surface area contributed by atoms with Crippen LogP contribution < -0.4 is 5.32 Å². The maximum atomic E-state index is 11.6. The SMILES string of the molecule is CC(=O)C1CCCC(C(C)=NC2C(C)CC(C)CC2C)N1. The van der Waals surface area contributed by atoms with Crippen molar-refractivity contribution in [3.63, 3.8) is 0 Å². The van der Waals surface area contributed by atoms with E-state index in [2.05, 4.69) is 33.0 Å². The normalized spacial score (nSPS) is 41.9.